The number of benzene rings is 1. The number of rotatable bonds is 5. The first-order valence-corrected chi connectivity index (χ1v) is 5.72. The maximum absolute atomic E-state index is 5.41. The Morgan fingerprint density at radius 3 is 2.56 bits per heavy atom. The van der Waals surface area contributed by atoms with Crippen LogP contribution in [0.15, 0.2) is 24.3 Å². The molecule has 0 unspecified atom stereocenters. The minimum atomic E-state index is 0.308. The third-order valence-corrected chi connectivity index (χ3v) is 2.41. The van der Waals surface area contributed by atoms with Crippen molar-refractivity contribution in [2.24, 2.45) is 5.41 Å². The fraction of sp³-hybridized carbons (Fsp3) is 0.571. The van der Waals surface area contributed by atoms with Gasteiger partial charge < -0.3 is 9.47 Å². The van der Waals surface area contributed by atoms with Gasteiger partial charge in [-0.25, -0.2) is 0 Å². The van der Waals surface area contributed by atoms with Crippen molar-refractivity contribution in [2.75, 3.05) is 13.9 Å². The highest BCUT2D eigenvalue weighted by Gasteiger charge is 2.10. The van der Waals surface area contributed by atoms with Crippen molar-refractivity contribution in [1.82, 2.24) is 0 Å². The first-order chi connectivity index (χ1) is 7.51. The second-order valence-corrected chi connectivity index (χ2v) is 5.26. The molecule has 0 aromatic heterocycles. The van der Waals surface area contributed by atoms with Gasteiger partial charge in [-0.15, -0.1) is 0 Å². The topological polar surface area (TPSA) is 18.5 Å². The summed E-state index contributed by atoms with van der Waals surface area (Å²) in [5, 5.41) is 0. The van der Waals surface area contributed by atoms with E-state index in [2.05, 4.69) is 32.9 Å². The molecule has 2 nitrogen and oxygen atoms in total. The molecule has 0 radical (unpaired) electrons. The van der Waals surface area contributed by atoms with Crippen LogP contribution in [0.2, 0.25) is 0 Å². The number of methoxy groups -OCH3 is 1. The molecule has 0 aliphatic heterocycles. The molecule has 1 rings (SSSR count). The average Bonchev–Trinajstić information content (AvgIpc) is 2.23. The summed E-state index contributed by atoms with van der Waals surface area (Å²) in [6.45, 7) is 7.09. The Morgan fingerprint density at radius 1 is 1.19 bits per heavy atom. The predicted octanol–water partition coefficient (Wildman–Crippen LogP) is 3.65. The molecule has 0 N–H and O–H groups in total. The van der Waals surface area contributed by atoms with Gasteiger partial charge in [0.05, 0.1) is 0 Å². The van der Waals surface area contributed by atoms with Crippen LogP contribution in [0.4, 0.5) is 0 Å². The van der Waals surface area contributed by atoms with E-state index in [1.165, 1.54) is 12.0 Å². The number of hydrogen-bond donors (Lipinski definition) is 0. The third-order valence-electron chi connectivity index (χ3n) is 2.41. The zero-order valence-corrected chi connectivity index (χ0v) is 10.7. The van der Waals surface area contributed by atoms with E-state index in [0.717, 1.165) is 12.2 Å². The molecular formula is C14H22O2. The molecule has 0 saturated heterocycles. The second kappa shape index (κ2) is 5.90. The van der Waals surface area contributed by atoms with E-state index in [-0.39, 0.29) is 0 Å². The molecule has 1 aromatic carbocycles. The summed E-state index contributed by atoms with van der Waals surface area (Å²) >= 11 is 0. The summed E-state index contributed by atoms with van der Waals surface area (Å²) in [6, 6.07) is 8.22. The van der Waals surface area contributed by atoms with Crippen LogP contribution in [-0.2, 0) is 11.2 Å². The Bertz CT molecular complexity index is 313. The lowest BCUT2D eigenvalue weighted by Gasteiger charge is -2.17. The van der Waals surface area contributed by atoms with Gasteiger partial charge in [-0.05, 0) is 36.0 Å². The lowest BCUT2D eigenvalue weighted by Crippen LogP contribution is -2.06. The lowest BCUT2D eigenvalue weighted by molar-refractivity contribution is 0.0511. The van der Waals surface area contributed by atoms with Crippen LogP contribution in [-0.4, -0.2) is 13.9 Å². The number of hydrogen-bond acceptors (Lipinski definition) is 2. The third kappa shape index (κ3) is 5.17. The molecule has 0 atom stereocenters. The molecule has 0 spiro atoms. The van der Waals surface area contributed by atoms with E-state index < -0.39 is 0 Å². The fourth-order valence-electron chi connectivity index (χ4n) is 1.44. The van der Waals surface area contributed by atoms with Crippen molar-refractivity contribution < 1.29 is 9.47 Å². The fourth-order valence-corrected chi connectivity index (χ4v) is 1.44. The van der Waals surface area contributed by atoms with Gasteiger partial charge in [-0.2, -0.15) is 0 Å². The summed E-state index contributed by atoms with van der Waals surface area (Å²) in [5.74, 6) is 0.883. The van der Waals surface area contributed by atoms with Gasteiger partial charge >= 0.3 is 0 Å². The minimum absolute atomic E-state index is 0.308. The highest BCUT2D eigenvalue weighted by Crippen LogP contribution is 2.23. The van der Waals surface area contributed by atoms with Crippen molar-refractivity contribution in [3.05, 3.63) is 29.8 Å². The van der Waals surface area contributed by atoms with E-state index in [4.69, 9.17) is 9.47 Å². The molecule has 16 heavy (non-hydrogen) atoms. The van der Waals surface area contributed by atoms with Gasteiger partial charge in [-0.3, -0.25) is 0 Å². The highest BCUT2D eigenvalue weighted by molar-refractivity contribution is 5.28. The van der Waals surface area contributed by atoms with Gasteiger partial charge in [0.25, 0.3) is 0 Å². The largest absolute Gasteiger partial charge is 0.468 e. The average molecular weight is 222 g/mol. The molecule has 1 aromatic rings. The quantitative estimate of drug-likeness (QED) is 0.708. The molecule has 2 heteroatoms. The van der Waals surface area contributed by atoms with E-state index in [9.17, 15) is 0 Å². The first-order valence-electron chi connectivity index (χ1n) is 5.72. The number of aryl methyl sites for hydroxylation is 1. The van der Waals surface area contributed by atoms with Gasteiger partial charge in [0, 0.05) is 7.11 Å². The predicted molar refractivity (Wildman–Crippen MR) is 66.7 cm³/mol. The minimum Gasteiger partial charge on any atom is -0.468 e. The van der Waals surface area contributed by atoms with E-state index >= 15 is 0 Å². The van der Waals surface area contributed by atoms with Crippen LogP contribution >= 0.6 is 0 Å². The van der Waals surface area contributed by atoms with Crippen molar-refractivity contribution in [3.8, 4) is 5.75 Å². The van der Waals surface area contributed by atoms with E-state index in [0.29, 0.717) is 12.2 Å². The van der Waals surface area contributed by atoms with Gasteiger partial charge in [0.2, 0.25) is 0 Å². The maximum atomic E-state index is 5.41. The van der Waals surface area contributed by atoms with Gasteiger partial charge in [0.15, 0.2) is 6.79 Å². The smallest absolute Gasteiger partial charge is 0.188 e. The van der Waals surface area contributed by atoms with Crippen LogP contribution in [0.3, 0.4) is 0 Å². The Labute approximate surface area is 98.6 Å². The van der Waals surface area contributed by atoms with Crippen molar-refractivity contribution in [3.63, 3.8) is 0 Å². The highest BCUT2D eigenvalue weighted by atomic mass is 16.7. The zero-order valence-electron chi connectivity index (χ0n) is 10.7. The first kappa shape index (κ1) is 13.0. The Hall–Kier alpha value is -1.02. The molecular weight excluding hydrogens is 200 g/mol. The summed E-state index contributed by atoms with van der Waals surface area (Å²) in [4.78, 5) is 0. The van der Waals surface area contributed by atoms with Crippen LogP contribution in [0.25, 0.3) is 0 Å². The number of ether oxygens (including phenoxy) is 2. The molecule has 0 aliphatic rings. The maximum Gasteiger partial charge on any atom is 0.188 e. The van der Waals surface area contributed by atoms with Gasteiger partial charge in [-0.1, -0.05) is 32.9 Å². The molecule has 0 saturated carbocycles. The van der Waals surface area contributed by atoms with Crippen molar-refractivity contribution >= 4 is 0 Å². The summed E-state index contributed by atoms with van der Waals surface area (Å²) < 4.78 is 10.3. The summed E-state index contributed by atoms with van der Waals surface area (Å²) in [5.41, 5.74) is 1.70. The van der Waals surface area contributed by atoms with Crippen LogP contribution in [0.5, 0.6) is 5.75 Å². The standard InChI is InChI=1S/C14H22O2/c1-14(2,3)9-8-12-6-5-7-13(10-12)16-11-15-4/h5-7,10H,8-9,11H2,1-4H3. The molecule has 90 valence electrons. The summed E-state index contributed by atoms with van der Waals surface area (Å²) in [6.07, 6.45) is 2.27. The molecule has 0 aliphatic carbocycles. The normalized spacial score (nSPS) is 11.5. The van der Waals surface area contributed by atoms with Crippen LogP contribution in [0, 0.1) is 5.41 Å². The Kier molecular flexibility index (Phi) is 4.81. The van der Waals surface area contributed by atoms with Crippen LogP contribution in [0.1, 0.15) is 32.8 Å². The zero-order chi connectivity index (χ0) is 12.0. The SMILES string of the molecule is COCOc1cccc(CCC(C)(C)C)c1. The molecule has 0 heterocycles. The second-order valence-electron chi connectivity index (χ2n) is 5.26. The molecule has 0 bridgehead atoms. The van der Waals surface area contributed by atoms with E-state index in [1.807, 2.05) is 12.1 Å². The van der Waals surface area contributed by atoms with Crippen molar-refractivity contribution in [2.45, 2.75) is 33.6 Å². The Balaban J connectivity index is 2.53. The van der Waals surface area contributed by atoms with E-state index in [1.54, 1.807) is 7.11 Å². The molecule has 0 fully saturated rings. The lowest BCUT2D eigenvalue weighted by atomic mass is 9.89. The van der Waals surface area contributed by atoms with Crippen LogP contribution < -0.4 is 4.74 Å². The van der Waals surface area contributed by atoms with Crippen molar-refractivity contribution in [1.29, 1.82) is 0 Å². The molecule has 0 amide bonds. The monoisotopic (exact) mass is 222 g/mol. The Morgan fingerprint density at radius 2 is 1.94 bits per heavy atom. The van der Waals surface area contributed by atoms with Gasteiger partial charge in [0.1, 0.15) is 5.75 Å². The summed E-state index contributed by atoms with van der Waals surface area (Å²) in [7, 11) is 1.63.